The fourth-order valence-corrected chi connectivity index (χ4v) is 5.50. The highest BCUT2D eigenvalue weighted by atomic mass is 79.9. The second-order valence-electron chi connectivity index (χ2n) is 8.96. The Kier molecular flexibility index (Phi) is 8.34. The zero-order chi connectivity index (χ0) is 26.7. The Morgan fingerprint density at radius 3 is 2.59 bits per heavy atom. The number of hydrogen-bond donors (Lipinski definition) is 0. The van der Waals surface area contributed by atoms with Gasteiger partial charge in [0.05, 0.1) is 36.1 Å². The van der Waals surface area contributed by atoms with Crippen molar-refractivity contribution in [3.63, 3.8) is 0 Å². The van der Waals surface area contributed by atoms with Crippen LogP contribution >= 0.6 is 27.3 Å². The van der Waals surface area contributed by atoms with Gasteiger partial charge in [-0.05, 0) is 61.7 Å². The summed E-state index contributed by atoms with van der Waals surface area (Å²) in [6.45, 7) is 8.55. The molecule has 1 aliphatic rings. The van der Waals surface area contributed by atoms with Crippen LogP contribution in [0.2, 0.25) is 0 Å². The van der Waals surface area contributed by atoms with E-state index in [-0.39, 0.29) is 12.2 Å². The molecule has 0 saturated heterocycles. The quantitative estimate of drug-likeness (QED) is 0.361. The Morgan fingerprint density at radius 2 is 1.95 bits per heavy atom. The van der Waals surface area contributed by atoms with Crippen molar-refractivity contribution in [3.05, 3.63) is 89.0 Å². The summed E-state index contributed by atoms with van der Waals surface area (Å²) in [5.74, 6) is 1.25. The molecule has 194 valence electrons. The topological polar surface area (TPSA) is 79.1 Å². The summed E-state index contributed by atoms with van der Waals surface area (Å²) in [7, 11) is 1.56. The van der Waals surface area contributed by atoms with Gasteiger partial charge in [0, 0.05) is 10.0 Å². The molecule has 0 bridgehead atoms. The van der Waals surface area contributed by atoms with Crippen molar-refractivity contribution in [2.45, 2.75) is 33.7 Å². The van der Waals surface area contributed by atoms with Crippen molar-refractivity contribution >= 4 is 39.3 Å². The fourth-order valence-electron chi connectivity index (χ4n) is 4.08. The smallest absolute Gasteiger partial charge is 0.338 e. The van der Waals surface area contributed by atoms with Crippen molar-refractivity contribution < 1.29 is 19.0 Å². The number of halogens is 1. The summed E-state index contributed by atoms with van der Waals surface area (Å²) in [4.78, 5) is 32.0. The molecule has 0 N–H and O–H groups in total. The van der Waals surface area contributed by atoms with Crippen molar-refractivity contribution in [3.8, 4) is 11.5 Å². The minimum absolute atomic E-state index is 0.208. The Labute approximate surface area is 227 Å². The molecule has 7 nitrogen and oxygen atoms in total. The maximum Gasteiger partial charge on any atom is 0.338 e. The molecule has 1 atom stereocenters. The standard InChI is InChI=1S/C28H29BrN2O5S/c1-6-35-27(33)24-17(4)30-28-31(25(24)21-14-19(29)9-12-22(21)34-5)26(32)23(37-28)13-18-7-10-20(11-8-18)36-15-16(2)3/h7-14,16,25H,6,15H2,1-5H3/b23-13-/t25-/m0/s1. The number of allylic oxidation sites excluding steroid dienone is 1. The van der Waals surface area contributed by atoms with Crippen molar-refractivity contribution in [2.24, 2.45) is 10.9 Å². The molecule has 2 aromatic carbocycles. The van der Waals surface area contributed by atoms with Crippen LogP contribution in [0.5, 0.6) is 11.5 Å². The molecule has 2 heterocycles. The second kappa shape index (κ2) is 11.5. The van der Waals surface area contributed by atoms with Crippen LogP contribution in [-0.2, 0) is 9.53 Å². The van der Waals surface area contributed by atoms with Crippen LogP contribution in [0.15, 0.2) is 68.0 Å². The fraction of sp³-hybridized carbons (Fsp3) is 0.321. The molecule has 0 spiro atoms. The maximum atomic E-state index is 13.8. The van der Waals surface area contributed by atoms with Crippen LogP contribution in [0.4, 0.5) is 0 Å². The Hall–Kier alpha value is -3.17. The van der Waals surface area contributed by atoms with Gasteiger partial charge >= 0.3 is 5.97 Å². The first kappa shape index (κ1) is 26.9. The van der Waals surface area contributed by atoms with Crippen LogP contribution in [-0.4, -0.2) is 30.9 Å². The molecule has 0 radical (unpaired) electrons. The molecule has 0 fully saturated rings. The van der Waals surface area contributed by atoms with Crippen LogP contribution in [0, 0.1) is 5.92 Å². The molecule has 0 saturated carbocycles. The summed E-state index contributed by atoms with van der Waals surface area (Å²) in [6, 6.07) is 12.4. The van der Waals surface area contributed by atoms with Gasteiger partial charge in [-0.3, -0.25) is 9.36 Å². The number of rotatable bonds is 8. The first-order valence-electron chi connectivity index (χ1n) is 12.0. The largest absolute Gasteiger partial charge is 0.496 e. The number of ether oxygens (including phenoxy) is 3. The number of fused-ring (bicyclic) bond motifs is 1. The van der Waals surface area contributed by atoms with E-state index in [9.17, 15) is 9.59 Å². The van der Waals surface area contributed by atoms with Gasteiger partial charge in [0.2, 0.25) is 0 Å². The lowest BCUT2D eigenvalue weighted by atomic mass is 9.95. The van der Waals surface area contributed by atoms with Gasteiger partial charge < -0.3 is 14.2 Å². The Bertz CT molecular complexity index is 1520. The maximum absolute atomic E-state index is 13.8. The van der Waals surface area contributed by atoms with Crippen LogP contribution in [0.3, 0.4) is 0 Å². The third-order valence-corrected chi connectivity index (χ3v) is 7.24. The molecule has 9 heteroatoms. The SMILES string of the molecule is CCOC(=O)C1=C(C)N=c2s/c(=C\c3ccc(OCC(C)C)cc3)c(=O)n2[C@H]1c1cc(Br)ccc1OC. The van der Waals surface area contributed by atoms with Gasteiger partial charge in [0.25, 0.3) is 5.56 Å². The van der Waals surface area contributed by atoms with Gasteiger partial charge in [-0.2, -0.15) is 0 Å². The molecular formula is C28H29BrN2O5S. The highest BCUT2D eigenvalue weighted by molar-refractivity contribution is 9.10. The summed E-state index contributed by atoms with van der Waals surface area (Å²) in [6.07, 6.45) is 1.83. The van der Waals surface area contributed by atoms with E-state index in [1.165, 1.54) is 11.3 Å². The van der Waals surface area contributed by atoms with Crippen molar-refractivity contribution in [2.75, 3.05) is 20.3 Å². The van der Waals surface area contributed by atoms with E-state index in [4.69, 9.17) is 14.2 Å². The van der Waals surface area contributed by atoms with Gasteiger partial charge in [-0.25, -0.2) is 9.79 Å². The summed E-state index contributed by atoms with van der Waals surface area (Å²) >= 11 is 4.80. The number of aromatic nitrogens is 1. The number of hydrogen-bond acceptors (Lipinski definition) is 7. The average Bonchev–Trinajstić information content (AvgIpc) is 3.17. The number of nitrogens with zero attached hydrogens (tertiary/aromatic N) is 2. The van der Waals surface area contributed by atoms with Crippen molar-refractivity contribution in [1.82, 2.24) is 4.57 Å². The molecular weight excluding hydrogens is 556 g/mol. The lowest BCUT2D eigenvalue weighted by Crippen LogP contribution is -2.40. The molecule has 0 unspecified atom stereocenters. The van der Waals surface area contributed by atoms with E-state index in [0.29, 0.717) is 44.4 Å². The Morgan fingerprint density at radius 1 is 1.22 bits per heavy atom. The number of carbonyl (C=O) groups is 1. The number of benzene rings is 2. The van der Waals surface area contributed by atoms with Crippen LogP contribution < -0.4 is 24.4 Å². The van der Waals surface area contributed by atoms with E-state index in [0.717, 1.165) is 15.8 Å². The average molecular weight is 586 g/mol. The highest BCUT2D eigenvalue weighted by Gasteiger charge is 2.35. The number of thiazole rings is 1. The molecule has 1 aromatic heterocycles. The van der Waals surface area contributed by atoms with Gasteiger partial charge in [-0.15, -0.1) is 0 Å². The van der Waals surface area contributed by atoms with E-state index < -0.39 is 12.0 Å². The van der Waals surface area contributed by atoms with E-state index in [1.807, 2.05) is 42.5 Å². The number of carbonyl (C=O) groups excluding carboxylic acids is 1. The Balaban J connectivity index is 1.86. The molecule has 0 amide bonds. The minimum atomic E-state index is -0.753. The predicted molar refractivity (Wildman–Crippen MR) is 148 cm³/mol. The van der Waals surface area contributed by atoms with Gasteiger partial charge in [0.1, 0.15) is 17.5 Å². The van der Waals surface area contributed by atoms with Gasteiger partial charge in [0.15, 0.2) is 4.80 Å². The van der Waals surface area contributed by atoms with Crippen LogP contribution in [0.1, 0.15) is 44.9 Å². The molecule has 3 aromatic rings. The van der Waals surface area contributed by atoms with E-state index in [1.54, 1.807) is 31.6 Å². The second-order valence-corrected chi connectivity index (χ2v) is 10.9. The number of esters is 1. The third-order valence-electron chi connectivity index (χ3n) is 5.76. The molecule has 0 aliphatic carbocycles. The summed E-state index contributed by atoms with van der Waals surface area (Å²) in [5, 5.41) is 0. The summed E-state index contributed by atoms with van der Waals surface area (Å²) < 4.78 is 19.6. The number of methoxy groups -OCH3 is 1. The predicted octanol–water partition coefficient (Wildman–Crippen LogP) is 4.60. The lowest BCUT2D eigenvalue weighted by Gasteiger charge is -2.26. The van der Waals surface area contributed by atoms with E-state index >= 15 is 0 Å². The molecule has 37 heavy (non-hydrogen) atoms. The zero-order valence-electron chi connectivity index (χ0n) is 21.4. The lowest BCUT2D eigenvalue weighted by molar-refractivity contribution is -0.139. The van der Waals surface area contributed by atoms with E-state index in [2.05, 4.69) is 34.8 Å². The first-order valence-corrected chi connectivity index (χ1v) is 13.6. The van der Waals surface area contributed by atoms with Crippen molar-refractivity contribution in [1.29, 1.82) is 0 Å². The normalized spacial score (nSPS) is 15.4. The van der Waals surface area contributed by atoms with Crippen LogP contribution in [0.25, 0.3) is 6.08 Å². The monoisotopic (exact) mass is 584 g/mol. The minimum Gasteiger partial charge on any atom is -0.496 e. The third kappa shape index (κ3) is 5.72. The molecule has 4 rings (SSSR count). The molecule has 1 aliphatic heterocycles. The van der Waals surface area contributed by atoms with Gasteiger partial charge in [-0.1, -0.05) is 53.2 Å². The zero-order valence-corrected chi connectivity index (χ0v) is 23.8. The first-order chi connectivity index (χ1) is 17.7. The summed E-state index contributed by atoms with van der Waals surface area (Å²) in [5.41, 5.74) is 2.09. The highest BCUT2D eigenvalue weighted by Crippen LogP contribution is 2.37.